The molecule has 0 saturated carbocycles. The van der Waals surface area contributed by atoms with Gasteiger partial charge in [-0.25, -0.2) is 0 Å². The van der Waals surface area contributed by atoms with Crippen LogP contribution in [0.5, 0.6) is 0 Å². The highest BCUT2D eigenvalue weighted by atomic mass is 35.5. The summed E-state index contributed by atoms with van der Waals surface area (Å²) in [6.07, 6.45) is 0. The molecule has 6 heteroatoms. The van der Waals surface area contributed by atoms with Gasteiger partial charge in [-0.2, -0.15) is 0 Å². The van der Waals surface area contributed by atoms with Crippen molar-refractivity contribution < 1.29 is 9.59 Å². The molecule has 2 rings (SSSR count). The lowest BCUT2D eigenvalue weighted by Crippen LogP contribution is -2.59. The molecular formula is C14H18ClN3O2. The summed E-state index contributed by atoms with van der Waals surface area (Å²) in [5.74, 6) is -0.589. The summed E-state index contributed by atoms with van der Waals surface area (Å²) >= 11 is 5.89. The maximum absolute atomic E-state index is 11.8. The van der Waals surface area contributed by atoms with Crippen molar-refractivity contribution in [2.24, 2.45) is 5.73 Å². The normalized spacial score (nSPS) is 23.3. The Morgan fingerprint density at radius 1 is 1.35 bits per heavy atom. The lowest BCUT2D eigenvalue weighted by Gasteiger charge is -2.40. The van der Waals surface area contributed by atoms with Crippen molar-refractivity contribution in [3.63, 3.8) is 0 Å². The van der Waals surface area contributed by atoms with Crippen LogP contribution in [0.25, 0.3) is 0 Å². The first kappa shape index (κ1) is 15.0. The first-order valence-corrected chi connectivity index (χ1v) is 6.88. The van der Waals surface area contributed by atoms with Crippen LogP contribution in [0.15, 0.2) is 24.3 Å². The minimum Gasteiger partial charge on any atom is -0.326 e. The highest BCUT2D eigenvalue weighted by molar-refractivity contribution is 6.30. The maximum Gasteiger partial charge on any atom is 0.243 e. The quantitative estimate of drug-likeness (QED) is 0.818. The van der Waals surface area contributed by atoms with Crippen molar-refractivity contribution in [3.8, 4) is 0 Å². The van der Waals surface area contributed by atoms with Crippen molar-refractivity contribution >= 4 is 23.4 Å². The fourth-order valence-electron chi connectivity index (χ4n) is 2.53. The third kappa shape index (κ3) is 3.00. The molecule has 108 valence electrons. The summed E-state index contributed by atoms with van der Waals surface area (Å²) in [7, 11) is 0. The van der Waals surface area contributed by atoms with E-state index in [1.165, 1.54) is 0 Å². The first-order chi connectivity index (χ1) is 9.40. The summed E-state index contributed by atoms with van der Waals surface area (Å²) in [5.41, 5.74) is 7.02. The number of hydrogen-bond acceptors (Lipinski definition) is 4. The van der Waals surface area contributed by atoms with Gasteiger partial charge in [0.25, 0.3) is 0 Å². The number of piperazine rings is 1. The lowest BCUT2D eigenvalue weighted by molar-refractivity contribution is -0.141. The van der Waals surface area contributed by atoms with Crippen LogP contribution in [0.1, 0.15) is 25.5 Å². The highest BCUT2D eigenvalue weighted by Crippen LogP contribution is 2.27. The van der Waals surface area contributed by atoms with Crippen LogP contribution in [-0.4, -0.2) is 35.3 Å². The molecule has 0 aliphatic carbocycles. The molecule has 0 spiro atoms. The van der Waals surface area contributed by atoms with Crippen molar-refractivity contribution in [2.75, 3.05) is 6.54 Å². The van der Waals surface area contributed by atoms with E-state index in [-0.39, 0.29) is 30.4 Å². The number of amides is 2. The largest absolute Gasteiger partial charge is 0.326 e. The molecule has 3 unspecified atom stereocenters. The SMILES string of the molecule is CC(N)C(c1ccc(Cl)cc1)N1CC(=O)NC(=O)C1C. The number of halogens is 1. The molecule has 0 aromatic heterocycles. The van der Waals surface area contributed by atoms with Crippen LogP contribution in [0, 0.1) is 0 Å². The van der Waals surface area contributed by atoms with Crippen LogP contribution >= 0.6 is 11.6 Å². The number of imide groups is 1. The van der Waals surface area contributed by atoms with E-state index in [2.05, 4.69) is 5.32 Å². The van der Waals surface area contributed by atoms with Crippen molar-refractivity contribution in [1.29, 1.82) is 0 Å². The number of hydrogen-bond donors (Lipinski definition) is 2. The van der Waals surface area contributed by atoms with Gasteiger partial charge in [0.15, 0.2) is 0 Å². The number of nitrogens with one attached hydrogen (secondary N) is 1. The third-order valence-electron chi connectivity index (χ3n) is 3.53. The van der Waals surface area contributed by atoms with Gasteiger partial charge < -0.3 is 5.73 Å². The fourth-order valence-corrected chi connectivity index (χ4v) is 2.66. The predicted octanol–water partition coefficient (Wildman–Crippen LogP) is 1.08. The second-order valence-corrected chi connectivity index (χ2v) is 5.55. The third-order valence-corrected chi connectivity index (χ3v) is 3.78. The molecule has 3 N–H and O–H groups in total. The Balaban J connectivity index is 2.34. The topological polar surface area (TPSA) is 75.4 Å². The maximum atomic E-state index is 11.8. The molecule has 0 radical (unpaired) electrons. The van der Waals surface area contributed by atoms with Crippen LogP contribution < -0.4 is 11.1 Å². The minimum absolute atomic E-state index is 0.155. The van der Waals surface area contributed by atoms with Crippen molar-refractivity contribution in [2.45, 2.75) is 32.0 Å². The van der Waals surface area contributed by atoms with Gasteiger partial charge in [-0.05, 0) is 31.5 Å². The molecule has 2 amide bonds. The van der Waals surface area contributed by atoms with E-state index in [1.807, 2.05) is 24.0 Å². The summed E-state index contributed by atoms with van der Waals surface area (Å²) in [6, 6.07) is 6.47. The fraction of sp³-hybridized carbons (Fsp3) is 0.429. The van der Waals surface area contributed by atoms with Crippen LogP contribution in [0.4, 0.5) is 0 Å². The number of carbonyl (C=O) groups excluding carboxylic acids is 2. The van der Waals surface area contributed by atoms with E-state index in [0.29, 0.717) is 5.02 Å². The highest BCUT2D eigenvalue weighted by Gasteiger charge is 2.36. The zero-order chi connectivity index (χ0) is 14.9. The lowest BCUT2D eigenvalue weighted by atomic mass is 9.96. The molecule has 1 aromatic carbocycles. The molecule has 0 bridgehead atoms. The summed E-state index contributed by atoms with van der Waals surface area (Å²) in [5, 5.41) is 2.97. The van der Waals surface area contributed by atoms with Crippen LogP contribution in [0.2, 0.25) is 5.02 Å². The molecule has 1 heterocycles. The van der Waals surface area contributed by atoms with Gasteiger partial charge >= 0.3 is 0 Å². The zero-order valence-corrected chi connectivity index (χ0v) is 12.2. The van der Waals surface area contributed by atoms with Gasteiger partial charge in [-0.3, -0.25) is 19.8 Å². The average molecular weight is 296 g/mol. The van der Waals surface area contributed by atoms with E-state index >= 15 is 0 Å². The second kappa shape index (κ2) is 5.91. The Morgan fingerprint density at radius 2 is 1.95 bits per heavy atom. The predicted molar refractivity (Wildman–Crippen MR) is 77.2 cm³/mol. The molecule has 1 aromatic rings. The Kier molecular flexibility index (Phi) is 4.42. The molecular weight excluding hydrogens is 278 g/mol. The number of rotatable bonds is 3. The van der Waals surface area contributed by atoms with E-state index < -0.39 is 6.04 Å². The van der Waals surface area contributed by atoms with Gasteiger partial charge in [-0.1, -0.05) is 23.7 Å². The number of benzene rings is 1. The monoisotopic (exact) mass is 295 g/mol. The second-order valence-electron chi connectivity index (χ2n) is 5.12. The molecule has 1 saturated heterocycles. The molecule has 3 atom stereocenters. The van der Waals surface area contributed by atoms with Crippen molar-refractivity contribution in [1.82, 2.24) is 10.2 Å². The zero-order valence-electron chi connectivity index (χ0n) is 11.5. The van der Waals surface area contributed by atoms with E-state index in [4.69, 9.17) is 17.3 Å². The van der Waals surface area contributed by atoms with E-state index in [9.17, 15) is 9.59 Å². The number of carbonyl (C=O) groups is 2. The molecule has 1 aliphatic heterocycles. The van der Waals surface area contributed by atoms with Gasteiger partial charge in [0.05, 0.1) is 18.6 Å². The molecule has 1 fully saturated rings. The minimum atomic E-state index is -0.403. The summed E-state index contributed by atoms with van der Waals surface area (Å²) in [4.78, 5) is 25.2. The first-order valence-electron chi connectivity index (χ1n) is 6.50. The molecule has 20 heavy (non-hydrogen) atoms. The standard InChI is InChI=1S/C14H18ClN3O2/c1-8(16)13(10-3-5-11(15)6-4-10)18-7-12(19)17-14(20)9(18)2/h3-6,8-9,13H,7,16H2,1-2H3,(H,17,19,20). The van der Waals surface area contributed by atoms with Gasteiger partial charge in [0.1, 0.15) is 0 Å². The smallest absolute Gasteiger partial charge is 0.243 e. The summed E-state index contributed by atoms with van der Waals surface area (Å²) < 4.78 is 0. The Hall–Kier alpha value is -1.43. The van der Waals surface area contributed by atoms with Crippen molar-refractivity contribution in [3.05, 3.63) is 34.9 Å². The molecule has 5 nitrogen and oxygen atoms in total. The average Bonchev–Trinajstić information content (AvgIpc) is 2.37. The summed E-state index contributed by atoms with van der Waals surface area (Å²) in [6.45, 7) is 3.79. The van der Waals surface area contributed by atoms with Gasteiger partial charge in [0, 0.05) is 11.1 Å². The van der Waals surface area contributed by atoms with E-state index in [1.54, 1.807) is 19.1 Å². The number of nitrogens with zero attached hydrogens (tertiary/aromatic N) is 1. The molecule has 1 aliphatic rings. The van der Waals surface area contributed by atoms with Crippen LogP contribution in [0.3, 0.4) is 0 Å². The Labute approximate surface area is 123 Å². The van der Waals surface area contributed by atoms with Gasteiger partial charge in [0.2, 0.25) is 11.8 Å². The van der Waals surface area contributed by atoms with E-state index in [0.717, 1.165) is 5.56 Å². The number of nitrogens with two attached hydrogens (primary N) is 1. The Morgan fingerprint density at radius 3 is 2.50 bits per heavy atom. The Bertz CT molecular complexity index is 516. The van der Waals surface area contributed by atoms with Gasteiger partial charge in [-0.15, -0.1) is 0 Å². The van der Waals surface area contributed by atoms with Crippen LogP contribution in [-0.2, 0) is 9.59 Å².